The number of carboxylic acids is 1. The number of halogens is 3. The molecular weight excluding hydrogens is 463 g/mol. The molecular formula is C26H28F3NO5. The van der Waals surface area contributed by atoms with E-state index in [1.165, 1.54) is 12.1 Å². The maximum atomic E-state index is 13.2. The van der Waals surface area contributed by atoms with Crippen LogP contribution in [0.15, 0.2) is 34.9 Å². The van der Waals surface area contributed by atoms with Crippen LogP contribution in [0.4, 0.5) is 13.2 Å². The third-order valence-electron chi connectivity index (χ3n) is 6.52. The lowest BCUT2D eigenvalue weighted by Gasteiger charge is -2.16. The van der Waals surface area contributed by atoms with Gasteiger partial charge in [0.1, 0.15) is 11.5 Å². The summed E-state index contributed by atoms with van der Waals surface area (Å²) < 4.78 is 56.3. The molecule has 0 radical (unpaired) electrons. The predicted octanol–water partition coefficient (Wildman–Crippen LogP) is 6.40. The Kier molecular flexibility index (Phi) is 7.23. The Balaban J connectivity index is 1.34. The minimum Gasteiger partial charge on any atom is -0.493 e. The van der Waals surface area contributed by atoms with Gasteiger partial charge in [0, 0.05) is 12.0 Å². The van der Waals surface area contributed by atoms with Crippen LogP contribution >= 0.6 is 0 Å². The number of alkyl halides is 3. The molecule has 0 amide bonds. The van der Waals surface area contributed by atoms with Gasteiger partial charge in [0.15, 0.2) is 11.3 Å². The van der Waals surface area contributed by atoms with Gasteiger partial charge in [-0.1, -0.05) is 31.5 Å². The summed E-state index contributed by atoms with van der Waals surface area (Å²) in [5.74, 6) is 0.0286. The number of rotatable bonds is 10. The molecule has 1 aliphatic carbocycles. The van der Waals surface area contributed by atoms with Crippen molar-refractivity contribution < 1.29 is 37.1 Å². The van der Waals surface area contributed by atoms with Crippen molar-refractivity contribution in [2.24, 2.45) is 5.92 Å². The van der Waals surface area contributed by atoms with Crippen molar-refractivity contribution in [3.05, 3.63) is 52.7 Å². The van der Waals surface area contributed by atoms with Gasteiger partial charge in [0.25, 0.3) is 0 Å². The van der Waals surface area contributed by atoms with Gasteiger partial charge < -0.3 is 19.1 Å². The lowest BCUT2D eigenvalue weighted by molar-refractivity contribution is -0.142. The summed E-state index contributed by atoms with van der Waals surface area (Å²) in [6, 6.07) is 8.66. The summed E-state index contributed by atoms with van der Waals surface area (Å²) in [6.45, 7) is 4.40. The zero-order valence-electron chi connectivity index (χ0n) is 19.7. The van der Waals surface area contributed by atoms with E-state index >= 15 is 0 Å². The number of aliphatic carboxylic acids is 1. The van der Waals surface area contributed by atoms with Crippen LogP contribution in [0.2, 0.25) is 0 Å². The molecule has 2 unspecified atom stereocenters. The van der Waals surface area contributed by atoms with E-state index in [4.69, 9.17) is 14.0 Å². The number of ether oxygens (including phenoxy) is 2. The van der Waals surface area contributed by atoms with E-state index < -0.39 is 23.8 Å². The third kappa shape index (κ3) is 5.23. The minimum absolute atomic E-state index is 0.0242. The molecule has 0 spiro atoms. The quantitative estimate of drug-likeness (QED) is 0.331. The Morgan fingerprint density at radius 3 is 2.71 bits per heavy atom. The van der Waals surface area contributed by atoms with E-state index in [1.807, 2.05) is 25.1 Å². The Bertz CT molecular complexity index is 1200. The van der Waals surface area contributed by atoms with Gasteiger partial charge >= 0.3 is 12.1 Å². The molecule has 35 heavy (non-hydrogen) atoms. The summed E-state index contributed by atoms with van der Waals surface area (Å²) in [7, 11) is 0. The van der Waals surface area contributed by atoms with Gasteiger partial charge in [-0.05, 0) is 60.6 Å². The van der Waals surface area contributed by atoms with Crippen molar-refractivity contribution in [2.75, 3.05) is 13.2 Å². The van der Waals surface area contributed by atoms with Gasteiger partial charge in [-0.3, -0.25) is 4.79 Å². The first-order valence-electron chi connectivity index (χ1n) is 11.8. The number of aromatic nitrogens is 1. The molecule has 0 fully saturated rings. The Morgan fingerprint density at radius 2 is 2.00 bits per heavy atom. The van der Waals surface area contributed by atoms with Crippen LogP contribution in [0.25, 0.3) is 11.0 Å². The molecule has 0 saturated heterocycles. The second-order valence-corrected chi connectivity index (χ2v) is 8.88. The number of benzene rings is 2. The fourth-order valence-electron chi connectivity index (χ4n) is 4.71. The van der Waals surface area contributed by atoms with Crippen molar-refractivity contribution in [3.8, 4) is 11.5 Å². The van der Waals surface area contributed by atoms with E-state index in [0.717, 1.165) is 29.7 Å². The van der Waals surface area contributed by atoms with Crippen molar-refractivity contribution in [3.63, 3.8) is 0 Å². The highest BCUT2D eigenvalue weighted by Gasteiger charge is 2.37. The standard InChI is InChI=1S/C26H28F3NO5/c1-3-5-20-22(11-10-21-23(20)35-30-24(21)26(27,28)29)34-13-4-12-33-17-7-9-19-16(14-17)6-8-18(19)15(2)25(31)32/h7,9-11,14-15,18H,3-6,8,12-13H2,1-2H3,(H,31,32). The molecule has 2 atom stereocenters. The number of carbonyl (C=O) groups is 1. The number of hydrogen-bond donors (Lipinski definition) is 1. The number of hydrogen-bond acceptors (Lipinski definition) is 5. The van der Waals surface area contributed by atoms with Crippen molar-refractivity contribution in [1.82, 2.24) is 5.16 Å². The molecule has 0 bridgehead atoms. The van der Waals surface area contributed by atoms with Crippen molar-refractivity contribution >= 4 is 16.9 Å². The minimum atomic E-state index is -4.58. The van der Waals surface area contributed by atoms with E-state index in [1.54, 1.807) is 6.92 Å². The summed E-state index contributed by atoms with van der Waals surface area (Å²) >= 11 is 0. The van der Waals surface area contributed by atoms with Gasteiger partial charge in [0.2, 0.25) is 0 Å². The summed E-state index contributed by atoms with van der Waals surface area (Å²) in [6.07, 6.45) is -1.14. The van der Waals surface area contributed by atoms with Crippen LogP contribution in [0, 0.1) is 5.92 Å². The molecule has 0 saturated carbocycles. The third-order valence-corrected chi connectivity index (χ3v) is 6.52. The molecule has 9 heteroatoms. The highest BCUT2D eigenvalue weighted by atomic mass is 19.4. The molecule has 3 aromatic rings. The fraction of sp³-hybridized carbons (Fsp3) is 0.462. The zero-order valence-corrected chi connectivity index (χ0v) is 19.7. The van der Waals surface area contributed by atoms with Crippen LogP contribution in [0.5, 0.6) is 11.5 Å². The number of aryl methyl sites for hydroxylation is 2. The number of nitrogens with zero attached hydrogens (tertiary/aromatic N) is 1. The maximum Gasteiger partial charge on any atom is 0.437 e. The molecule has 188 valence electrons. The first kappa shape index (κ1) is 24.9. The molecule has 2 aromatic carbocycles. The van der Waals surface area contributed by atoms with Crippen LogP contribution in [-0.4, -0.2) is 29.4 Å². The molecule has 1 aliphatic rings. The predicted molar refractivity (Wildman–Crippen MR) is 123 cm³/mol. The highest BCUT2D eigenvalue weighted by Crippen LogP contribution is 2.40. The average Bonchev–Trinajstić information content (AvgIpc) is 3.43. The Labute approximate surface area is 201 Å². The van der Waals surface area contributed by atoms with Gasteiger partial charge in [-0.2, -0.15) is 13.2 Å². The lowest BCUT2D eigenvalue weighted by atomic mass is 9.89. The molecule has 6 nitrogen and oxygen atoms in total. The molecule has 1 N–H and O–H groups in total. The van der Waals surface area contributed by atoms with Crippen LogP contribution in [0.1, 0.15) is 61.4 Å². The number of fused-ring (bicyclic) bond motifs is 2. The Morgan fingerprint density at radius 1 is 1.23 bits per heavy atom. The average molecular weight is 492 g/mol. The summed E-state index contributed by atoms with van der Waals surface area (Å²) in [5, 5.41) is 12.5. The lowest BCUT2D eigenvalue weighted by Crippen LogP contribution is -2.17. The van der Waals surface area contributed by atoms with Gasteiger partial charge in [-0.25, -0.2) is 0 Å². The van der Waals surface area contributed by atoms with E-state index in [2.05, 4.69) is 5.16 Å². The monoisotopic (exact) mass is 491 g/mol. The van der Waals surface area contributed by atoms with Crippen molar-refractivity contribution in [1.29, 1.82) is 0 Å². The largest absolute Gasteiger partial charge is 0.493 e. The van der Waals surface area contributed by atoms with Crippen molar-refractivity contribution in [2.45, 2.75) is 58.0 Å². The summed E-state index contributed by atoms with van der Waals surface area (Å²) in [5.41, 5.74) is 1.87. The highest BCUT2D eigenvalue weighted by molar-refractivity contribution is 5.85. The van der Waals surface area contributed by atoms with Gasteiger partial charge in [0.05, 0.1) is 24.5 Å². The van der Waals surface area contributed by atoms with Gasteiger partial charge in [-0.15, -0.1) is 0 Å². The first-order valence-corrected chi connectivity index (χ1v) is 11.8. The zero-order chi connectivity index (χ0) is 25.2. The maximum absolute atomic E-state index is 13.2. The second-order valence-electron chi connectivity index (χ2n) is 8.88. The first-order chi connectivity index (χ1) is 16.7. The van der Waals surface area contributed by atoms with Crippen LogP contribution in [-0.2, 0) is 23.8 Å². The molecule has 0 aliphatic heterocycles. The van der Waals surface area contributed by atoms with Crippen LogP contribution in [0.3, 0.4) is 0 Å². The SMILES string of the molecule is CCCc1c(OCCCOc2ccc3c(c2)CCC3C(C)C(=O)O)ccc2c(C(F)(F)F)noc12. The van der Waals surface area contributed by atoms with E-state index in [9.17, 15) is 23.1 Å². The summed E-state index contributed by atoms with van der Waals surface area (Å²) in [4.78, 5) is 11.3. The number of carboxylic acid groups (broad SMARTS) is 1. The fourth-order valence-corrected chi connectivity index (χ4v) is 4.71. The topological polar surface area (TPSA) is 81.8 Å². The van der Waals surface area contributed by atoms with E-state index in [0.29, 0.717) is 43.8 Å². The second kappa shape index (κ2) is 10.2. The Hall–Kier alpha value is -3.23. The smallest absolute Gasteiger partial charge is 0.437 e. The normalized spacial score (nSPS) is 16.3. The molecule has 1 aromatic heterocycles. The molecule has 1 heterocycles. The molecule has 4 rings (SSSR count). The van der Waals surface area contributed by atoms with E-state index in [-0.39, 0.29) is 16.9 Å². The van der Waals surface area contributed by atoms with Crippen LogP contribution < -0.4 is 9.47 Å².